The summed E-state index contributed by atoms with van der Waals surface area (Å²) in [6.45, 7) is 0. The van der Waals surface area contributed by atoms with Crippen molar-refractivity contribution in [2.75, 3.05) is 0 Å². The van der Waals surface area contributed by atoms with Gasteiger partial charge in [0.15, 0.2) is 0 Å². The molecule has 17 heavy (non-hydrogen) atoms. The zero-order valence-electron chi connectivity index (χ0n) is 8.63. The Balaban J connectivity index is 2.00. The van der Waals surface area contributed by atoms with Gasteiger partial charge >= 0.3 is 0 Å². The molecule has 0 fully saturated rings. The van der Waals surface area contributed by atoms with E-state index >= 15 is 0 Å². The Labute approximate surface area is 115 Å². The zero-order valence-corrected chi connectivity index (χ0v) is 11.8. The van der Waals surface area contributed by atoms with Crippen molar-refractivity contribution in [1.82, 2.24) is 0 Å². The van der Waals surface area contributed by atoms with Gasteiger partial charge in [0, 0.05) is 32.1 Å². The van der Waals surface area contributed by atoms with Gasteiger partial charge in [0.25, 0.3) is 5.69 Å². The van der Waals surface area contributed by atoms with Gasteiger partial charge in [-0.2, -0.15) is 0 Å². The maximum atomic E-state index is 10.5. The Kier molecular flexibility index (Phi) is 4.20. The zero-order chi connectivity index (χ0) is 12.3. The fourth-order valence-electron chi connectivity index (χ4n) is 1.24. The van der Waals surface area contributed by atoms with Crippen molar-refractivity contribution in [3.8, 4) is 0 Å². The van der Waals surface area contributed by atoms with Crippen LogP contribution in [0.5, 0.6) is 0 Å². The third-order valence-corrected chi connectivity index (χ3v) is 5.26. The average molecular weight is 330 g/mol. The van der Waals surface area contributed by atoms with E-state index in [-0.39, 0.29) is 10.6 Å². The van der Waals surface area contributed by atoms with Gasteiger partial charge in [-0.1, -0.05) is 0 Å². The Bertz CT molecular complexity index is 525. The Morgan fingerprint density at radius 1 is 1.29 bits per heavy atom. The largest absolute Gasteiger partial charge is 0.269 e. The van der Waals surface area contributed by atoms with E-state index in [9.17, 15) is 10.1 Å². The summed E-state index contributed by atoms with van der Waals surface area (Å²) in [7, 11) is 0. The molecule has 0 atom stereocenters. The van der Waals surface area contributed by atoms with E-state index in [1.54, 1.807) is 35.2 Å². The molecule has 0 spiro atoms. The molecule has 1 aromatic heterocycles. The van der Waals surface area contributed by atoms with E-state index in [2.05, 4.69) is 15.9 Å². The lowest BCUT2D eigenvalue weighted by Crippen LogP contribution is -1.86. The maximum Gasteiger partial charge on any atom is 0.269 e. The van der Waals surface area contributed by atoms with Crippen LogP contribution in [0, 0.1) is 10.1 Å². The SMILES string of the molecule is O=[N+]([O-])c1ccc(SCc2sccc2Br)cc1. The molecular weight excluding hydrogens is 322 g/mol. The van der Waals surface area contributed by atoms with Crippen LogP contribution >= 0.6 is 39.0 Å². The monoisotopic (exact) mass is 329 g/mol. The first-order valence-corrected chi connectivity index (χ1v) is 7.42. The van der Waals surface area contributed by atoms with Gasteiger partial charge in [-0.3, -0.25) is 10.1 Å². The van der Waals surface area contributed by atoms with Crippen LogP contribution in [0.15, 0.2) is 45.1 Å². The smallest absolute Gasteiger partial charge is 0.258 e. The average Bonchev–Trinajstić information content (AvgIpc) is 2.73. The first-order valence-electron chi connectivity index (χ1n) is 4.76. The fraction of sp³-hybridized carbons (Fsp3) is 0.0909. The molecule has 3 nitrogen and oxygen atoms in total. The molecule has 0 unspecified atom stereocenters. The van der Waals surface area contributed by atoms with Crippen LogP contribution in [-0.4, -0.2) is 4.92 Å². The predicted molar refractivity (Wildman–Crippen MR) is 74.7 cm³/mol. The fourth-order valence-corrected chi connectivity index (χ4v) is 3.93. The van der Waals surface area contributed by atoms with E-state index in [0.717, 1.165) is 15.1 Å². The second kappa shape index (κ2) is 5.66. The number of rotatable bonds is 4. The number of nitro benzene ring substituents is 1. The summed E-state index contributed by atoms with van der Waals surface area (Å²) in [5.74, 6) is 0.871. The molecule has 0 bridgehead atoms. The van der Waals surface area contributed by atoms with Gasteiger partial charge in [0.2, 0.25) is 0 Å². The van der Waals surface area contributed by atoms with E-state index in [1.165, 1.54) is 17.0 Å². The highest BCUT2D eigenvalue weighted by Crippen LogP contribution is 2.31. The number of non-ortho nitro benzene ring substituents is 1. The van der Waals surface area contributed by atoms with Crippen molar-refractivity contribution in [2.24, 2.45) is 0 Å². The van der Waals surface area contributed by atoms with Crippen molar-refractivity contribution in [1.29, 1.82) is 0 Å². The summed E-state index contributed by atoms with van der Waals surface area (Å²) < 4.78 is 1.12. The topological polar surface area (TPSA) is 43.1 Å². The van der Waals surface area contributed by atoms with Crippen LogP contribution in [0.25, 0.3) is 0 Å². The van der Waals surface area contributed by atoms with Crippen molar-refractivity contribution < 1.29 is 4.92 Å². The normalized spacial score (nSPS) is 10.4. The minimum Gasteiger partial charge on any atom is -0.258 e. The molecule has 0 aliphatic carbocycles. The van der Waals surface area contributed by atoms with E-state index in [4.69, 9.17) is 0 Å². The Hall–Kier alpha value is -0.850. The van der Waals surface area contributed by atoms with E-state index in [1.807, 2.05) is 11.4 Å². The third kappa shape index (κ3) is 3.31. The van der Waals surface area contributed by atoms with Crippen molar-refractivity contribution >= 4 is 44.7 Å². The molecule has 1 heterocycles. The summed E-state index contributed by atoms with van der Waals surface area (Å²) in [6, 6.07) is 8.66. The lowest BCUT2D eigenvalue weighted by Gasteiger charge is -2.00. The van der Waals surface area contributed by atoms with Crippen LogP contribution in [0.3, 0.4) is 0 Å². The first kappa shape index (κ1) is 12.6. The Morgan fingerprint density at radius 2 is 2.00 bits per heavy atom. The summed E-state index contributed by atoms with van der Waals surface area (Å²) in [5, 5.41) is 12.5. The lowest BCUT2D eigenvalue weighted by molar-refractivity contribution is -0.384. The van der Waals surface area contributed by atoms with Crippen LogP contribution in [0.1, 0.15) is 4.88 Å². The molecule has 1 aromatic carbocycles. The molecule has 0 amide bonds. The molecule has 88 valence electrons. The van der Waals surface area contributed by atoms with Gasteiger partial charge in [0.1, 0.15) is 0 Å². The minimum absolute atomic E-state index is 0.131. The summed E-state index contributed by atoms with van der Waals surface area (Å²) >= 11 is 6.85. The van der Waals surface area contributed by atoms with Crippen LogP contribution < -0.4 is 0 Å². The van der Waals surface area contributed by atoms with E-state index < -0.39 is 0 Å². The minimum atomic E-state index is -0.385. The molecule has 2 aromatic rings. The number of thioether (sulfide) groups is 1. The molecule has 6 heteroatoms. The maximum absolute atomic E-state index is 10.5. The molecule has 0 aliphatic heterocycles. The summed E-state index contributed by atoms with van der Waals surface area (Å²) in [6.07, 6.45) is 0. The van der Waals surface area contributed by atoms with Crippen molar-refractivity contribution in [3.05, 3.63) is 55.2 Å². The lowest BCUT2D eigenvalue weighted by atomic mass is 10.3. The van der Waals surface area contributed by atoms with E-state index in [0.29, 0.717) is 0 Å². The van der Waals surface area contributed by atoms with Gasteiger partial charge in [-0.15, -0.1) is 23.1 Å². The van der Waals surface area contributed by atoms with Gasteiger partial charge in [0.05, 0.1) is 4.92 Å². The molecular formula is C11H8BrNO2S2. The molecule has 0 saturated heterocycles. The Morgan fingerprint density at radius 3 is 2.53 bits per heavy atom. The van der Waals surface area contributed by atoms with Crippen LogP contribution in [-0.2, 0) is 5.75 Å². The number of halogens is 1. The van der Waals surface area contributed by atoms with Crippen LogP contribution in [0.4, 0.5) is 5.69 Å². The molecule has 0 aliphatic rings. The number of benzene rings is 1. The standard InChI is InChI=1S/C11H8BrNO2S2/c12-10-5-6-16-11(10)7-17-9-3-1-8(2-4-9)13(14)15/h1-6H,7H2. The number of hydrogen-bond donors (Lipinski definition) is 0. The molecule has 0 saturated carbocycles. The number of thiophene rings is 1. The van der Waals surface area contributed by atoms with Crippen LogP contribution in [0.2, 0.25) is 0 Å². The molecule has 2 rings (SSSR count). The van der Waals surface area contributed by atoms with Crippen molar-refractivity contribution in [3.63, 3.8) is 0 Å². The third-order valence-electron chi connectivity index (χ3n) is 2.11. The number of nitrogens with zero attached hydrogens (tertiary/aromatic N) is 1. The second-order valence-corrected chi connectivity index (χ2v) is 6.14. The highest BCUT2D eigenvalue weighted by molar-refractivity contribution is 9.10. The highest BCUT2D eigenvalue weighted by atomic mass is 79.9. The first-order chi connectivity index (χ1) is 8.16. The van der Waals surface area contributed by atoms with Gasteiger partial charge < -0.3 is 0 Å². The highest BCUT2D eigenvalue weighted by Gasteiger charge is 2.05. The number of hydrogen-bond acceptors (Lipinski definition) is 4. The second-order valence-electron chi connectivity index (χ2n) is 3.23. The van der Waals surface area contributed by atoms with Crippen molar-refractivity contribution in [2.45, 2.75) is 10.6 Å². The number of nitro groups is 1. The van der Waals surface area contributed by atoms with Gasteiger partial charge in [-0.05, 0) is 39.5 Å². The predicted octanol–water partition coefficient (Wildman–Crippen LogP) is 4.71. The quantitative estimate of drug-likeness (QED) is 0.463. The summed E-state index contributed by atoms with van der Waals surface area (Å²) in [4.78, 5) is 12.4. The molecule has 0 N–H and O–H groups in total. The van der Waals surface area contributed by atoms with Gasteiger partial charge in [-0.25, -0.2) is 0 Å². The molecule has 0 radical (unpaired) electrons. The summed E-state index contributed by atoms with van der Waals surface area (Å²) in [5.41, 5.74) is 0.131.